The number of halogens is 1. The number of hydrogen-bond donors (Lipinski definition) is 1. The van der Waals surface area contributed by atoms with Crippen molar-refractivity contribution < 1.29 is 4.79 Å². The quantitative estimate of drug-likeness (QED) is 0.683. The Kier molecular flexibility index (Phi) is 4.71. The number of pyridine rings is 1. The number of anilines is 1. The Morgan fingerprint density at radius 3 is 2.71 bits per heavy atom. The van der Waals surface area contributed by atoms with E-state index in [1.54, 1.807) is 0 Å². The van der Waals surface area contributed by atoms with Crippen molar-refractivity contribution in [3.8, 4) is 0 Å². The first-order valence-corrected chi connectivity index (χ1v) is 8.87. The van der Waals surface area contributed by atoms with Gasteiger partial charge in [0, 0.05) is 16.4 Å². The third kappa shape index (κ3) is 3.08. The minimum Gasteiger partial charge on any atom is -0.320 e. The SMILES string of the molecule is CCc1nc2ccc(Br)cn2c1C(=O)Nc1ccccc1C(C)C. The van der Waals surface area contributed by atoms with Crippen molar-refractivity contribution in [1.82, 2.24) is 9.38 Å². The van der Waals surface area contributed by atoms with Crippen molar-refractivity contribution in [3.63, 3.8) is 0 Å². The third-order valence-electron chi connectivity index (χ3n) is 4.04. The summed E-state index contributed by atoms with van der Waals surface area (Å²) in [4.78, 5) is 17.5. The second kappa shape index (κ2) is 6.77. The van der Waals surface area contributed by atoms with Gasteiger partial charge in [0.05, 0.1) is 5.69 Å². The molecule has 3 rings (SSSR count). The Balaban J connectivity index is 2.05. The largest absolute Gasteiger partial charge is 0.320 e. The van der Waals surface area contributed by atoms with Gasteiger partial charge in [-0.25, -0.2) is 4.98 Å². The normalized spacial score (nSPS) is 11.2. The summed E-state index contributed by atoms with van der Waals surface area (Å²) in [7, 11) is 0. The Labute approximate surface area is 150 Å². The summed E-state index contributed by atoms with van der Waals surface area (Å²) in [5, 5.41) is 3.07. The number of carbonyl (C=O) groups is 1. The molecule has 124 valence electrons. The van der Waals surface area contributed by atoms with Gasteiger partial charge in [-0.15, -0.1) is 0 Å². The van der Waals surface area contributed by atoms with E-state index in [1.165, 1.54) is 0 Å². The lowest BCUT2D eigenvalue weighted by atomic mass is 10.0. The van der Waals surface area contributed by atoms with E-state index in [0.717, 1.165) is 27.1 Å². The van der Waals surface area contributed by atoms with Crippen LogP contribution in [-0.4, -0.2) is 15.3 Å². The number of carbonyl (C=O) groups excluding carboxylic acids is 1. The summed E-state index contributed by atoms with van der Waals surface area (Å²) in [5.41, 5.74) is 4.14. The molecule has 0 aliphatic carbocycles. The number of amides is 1. The first-order chi connectivity index (χ1) is 11.5. The molecule has 0 spiro atoms. The standard InChI is InChI=1S/C19H20BrN3O/c1-4-15-18(23-11-13(20)9-10-17(23)21-15)19(24)22-16-8-6-5-7-14(16)12(2)3/h5-12H,4H2,1-3H3,(H,22,24). The fourth-order valence-electron chi connectivity index (χ4n) is 2.85. The average Bonchev–Trinajstić information content (AvgIpc) is 2.92. The molecule has 1 N–H and O–H groups in total. The Bertz CT molecular complexity index is 899. The molecule has 0 aliphatic rings. The average molecular weight is 386 g/mol. The summed E-state index contributed by atoms with van der Waals surface area (Å²) in [6.07, 6.45) is 2.58. The lowest BCUT2D eigenvalue weighted by molar-refractivity contribution is 0.102. The first-order valence-electron chi connectivity index (χ1n) is 8.08. The van der Waals surface area contributed by atoms with Crippen LogP contribution in [0.2, 0.25) is 0 Å². The number of rotatable bonds is 4. The van der Waals surface area contributed by atoms with E-state index >= 15 is 0 Å². The first kappa shape index (κ1) is 16.7. The molecule has 0 aliphatic heterocycles. The highest BCUT2D eigenvalue weighted by Gasteiger charge is 2.19. The van der Waals surface area contributed by atoms with Gasteiger partial charge < -0.3 is 5.32 Å². The van der Waals surface area contributed by atoms with Crippen LogP contribution in [0.4, 0.5) is 5.69 Å². The van der Waals surface area contributed by atoms with Crippen molar-refractivity contribution in [2.45, 2.75) is 33.1 Å². The van der Waals surface area contributed by atoms with Gasteiger partial charge in [0.25, 0.3) is 5.91 Å². The van der Waals surface area contributed by atoms with E-state index < -0.39 is 0 Å². The summed E-state index contributed by atoms with van der Waals surface area (Å²) in [6, 6.07) is 11.8. The number of nitrogens with one attached hydrogen (secondary N) is 1. The van der Waals surface area contributed by atoms with Gasteiger partial charge in [-0.2, -0.15) is 0 Å². The maximum Gasteiger partial charge on any atom is 0.274 e. The molecule has 5 heteroatoms. The van der Waals surface area contributed by atoms with Crippen molar-refractivity contribution in [2.24, 2.45) is 0 Å². The molecule has 0 saturated carbocycles. The Hall–Kier alpha value is -2.14. The lowest BCUT2D eigenvalue weighted by Crippen LogP contribution is -2.17. The molecule has 0 saturated heterocycles. The monoisotopic (exact) mass is 385 g/mol. The molecule has 0 atom stereocenters. The number of para-hydroxylation sites is 1. The van der Waals surface area contributed by atoms with Crippen molar-refractivity contribution in [3.05, 3.63) is 64.0 Å². The van der Waals surface area contributed by atoms with Gasteiger partial charge in [-0.05, 0) is 52.0 Å². The van der Waals surface area contributed by atoms with E-state index in [2.05, 4.69) is 40.1 Å². The highest BCUT2D eigenvalue weighted by atomic mass is 79.9. The molecule has 2 aromatic heterocycles. The van der Waals surface area contributed by atoms with Crippen LogP contribution in [-0.2, 0) is 6.42 Å². The second-order valence-corrected chi connectivity index (χ2v) is 6.95. The van der Waals surface area contributed by atoms with Crippen LogP contribution in [0.1, 0.15) is 48.4 Å². The van der Waals surface area contributed by atoms with Crippen LogP contribution < -0.4 is 5.32 Å². The molecule has 4 nitrogen and oxygen atoms in total. The minimum atomic E-state index is -0.134. The van der Waals surface area contributed by atoms with Crippen LogP contribution >= 0.6 is 15.9 Å². The maximum atomic E-state index is 13.0. The summed E-state index contributed by atoms with van der Waals surface area (Å²) >= 11 is 3.46. The van der Waals surface area contributed by atoms with Gasteiger partial charge in [0.1, 0.15) is 11.3 Å². The molecule has 1 amide bonds. The van der Waals surface area contributed by atoms with Gasteiger partial charge in [-0.1, -0.05) is 39.0 Å². The van der Waals surface area contributed by atoms with Crippen LogP contribution in [0.3, 0.4) is 0 Å². The van der Waals surface area contributed by atoms with E-state index in [1.807, 2.05) is 53.9 Å². The minimum absolute atomic E-state index is 0.134. The summed E-state index contributed by atoms with van der Waals surface area (Å²) in [6.45, 7) is 6.25. The Morgan fingerprint density at radius 2 is 2.00 bits per heavy atom. The molecule has 3 aromatic rings. The fourth-order valence-corrected chi connectivity index (χ4v) is 3.19. The number of hydrogen-bond acceptors (Lipinski definition) is 2. The molecule has 24 heavy (non-hydrogen) atoms. The molecule has 1 aromatic carbocycles. The second-order valence-electron chi connectivity index (χ2n) is 6.03. The van der Waals surface area contributed by atoms with Crippen molar-refractivity contribution in [2.75, 3.05) is 5.32 Å². The van der Waals surface area contributed by atoms with E-state index in [0.29, 0.717) is 18.0 Å². The molecular weight excluding hydrogens is 366 g/mol. The van der Waals surface area contributed by atoms with Gasteiger partial charge in [0.15, 0.2) is 0 Å². The zero-order valence-electron chi connectivity index (χ0n) is 14.0. The smallest absolute Gasteiger partial charge is 0.274 e. The van der Waals surface area contributed by atoms with Gasteiger partial charge >= 0.3 is 0 Å². The molecular formula is C19H20BrN3O. The summed E-state index contributed by atoms with van der Waals surface area (Å²) < 4.78 is 2.75. The lowest BCUT2D eigenvalue weighted by Gasteiger charge is -2.14. The van der Waals surface area contributed by atoms with Crippen LogP contribution in [0.25, 0.3) is 5.65 Å². The van der Waals surface area contributed by atoms with Gasteiger partial charge in [-0.3, -0.25) is 9.20 Å². The summed E-state index contributed by atoms with van der Waals surface area (Å²) in [5.74, 6) is 0.203. The van der Waals surface area contributed by atoms with Crippen LogP contribution in [0.5, 0.6) is 0 Å². The molecule has 0 unspecified atom stereocenters. The van der Waals surface area contributed by atoms with E-state index in [4.69, 9.17) is 0 Å². The predicted octanol–water partition coefficient (Wildman–Crippen LogP) is 5.03. The Morgan fingerprint density at radius 1 is 1.25 bits per heavy atom. The molecule has 0 bridgehead atoms. The number of benzene rings is 1. The van der Waals surface area contributed by atoms with Crippen LogP contribution in [0.15, 0.2) is 47.1 Å². The zero-order chi connectivity index (χ0) is 17.3. The number of fused-ring (bicyclic) bond motifs is 1. The fraction of sp³-hybridized carbons (Fsp3) is 0.263. The van der Waals surface area contributed by atoms with Crippen molar-refractivity contribution in [1.29, 1.82) is 0 Å². The topological polar surface area (TPSA) is 46.4 Å². The van der Waals surface area contributed by atoms with Crippen LogP contribution in [0, 0.1) is 0 Å². The van der Waals surface area contributed by atoms with Crippen molar-refractivity contribution >= 4 is 33.2 Å². The molecule has 0 fully saturated rings. The predicted molar refractivity (Wildman–Crippen MR) is 101 cm³/mol. The number of imidazole rings is 1. The number of aromatic nitrogens is 2. The molecule has 0 radical (unpaired) electrons. The highest BCUT2D eigenvalue weighted by Crippen LogP contribution is 2.25. The van der Waals surface area contributed by atoms with Gasteiger partial charge in [0.2, 0.25) is 0 Å². The van der Waals surface area contributed by atoms with E-state index in [-0.39, 0.29) is 5.91 Å². The zero-order valence-corrected chi connectivity index (χ0v) is 15.6. The van der Waals surface area contributed by atoms with E-state index in [9.17, 15) is 4.79 Å². The molecule has 2 heterocycles. The third-order valence-corrected chi connectivity index (χ3v) is 4.50. The number of aryl methyl sites for hydroxylation is 1. The maximum absolute atomic E-state index is 13.0. The highest BCUT2D eigenvalue weighted by molar-refractivity contribution is 9.10. The number of nitrogens with zero attached hydrogens (tertiary/aromatic N) is 2.